The first-order valence-electron chi connectivity index (χ1n) is 5.88. The summed E-state index contributed by atoms with van der Waals surface area (Å²) in [5.41, 5.74) is 6.94. The van der Waals surface area contributed by atoms with Gasteiger partial charge in [0.1, 0.15) is 5.92 Å². The van der Waals surface area contributed by atoms with E-state index in [2.05, 4.69) is 5.92 Å². The summed E-state index contributed by atoms with van der Waals surface area (Å²) in [5.74, 6) is 0.342. The fourth-order valence-electron chi connectivity index (χ4n) is 2.24. The molecule has 2 atom stereocenters. The number of benzene rings is 1. The monoisotopic (exact) mass is 258 g/mol. The van der Waals surface area contributed by atoms with Crippen LogP contribution in [0.5, 0.6) is 0 Å². The minimum Gasteiger partial charge on any atom is -0.481 e. The SMILES string of the molecule is C#CCC(N)C(=O)N1CC(C(=O)O)c2ccccc21. The Morgan fingerprint density at radius 3 is 2.84 bits per heavy atom. The molecule has 0 bridgehead atoms. The lowest BCUT2D eigenvalue weighted by Crippen LogP contribution is -2.43. The van der Waals surface area contributed by atoms with Gasteiger partial charge in [-0.2, -0.15) is 0 Å². The van der Waals surface area contributed by atoms with Crippen LogP contribution in [0.15, 0.2) is 24.3 Å². The number of fused-ring (bicyclic) bond motifs is 1. The number of carbonyl (C=O) groups is 2. The Labute approximate surface area is 111 Å². The summed E-state index contributed by atoms with van der Waals surface area (Å²) < 4.78 is 0. The van der Waals surface area contributed by atoms with Crippen LogP contribution in [0.1, 0.15) is 17.9 Å². The van der Waals surface area contributed by atoms with Gasteiger partial charge in [0, 0.05) is 18.7 Å². The number of hydrogen-bond acceptors (Lipinski definition) is 3. The van der Waals surface area contributed by atoms with Crippen LogP contribution in [-0.4, -0.2) is 29.6 Å². The van der Waals surface area contributed by atoms with Crippen LogP contribution >= 0.6 is 0 Å². The summed E-state index contributed by atoms with van der Waals surface area (Å²) in [5, 5.41) is 9.20. The zero-order valence-corrected chi connectivity index (χ0v) is 10.2. The van der Waals surface area contributed by atoms with Crippen LogP contribution in [-0.2, 0) is 9.59 Å². The van der Waals surface area contributed by atoms with Crippen molar-refractivity contribution in [3.05, 3.63) is 29.8 Å². The van der Waals surface area contributed by atoms with Gasteiger partial charge in [0.25, 0.3) is 0 Å². The molecule has 1 aromatic rings. The van der Waals surface area contributed by atoms with Gasteiger partial charge in [-0.1, -0.05) is 18.2 Å². The largest absolute Gasteiger partial charge is 0.481 e. The molecule has 1 amide bonds. The second-order valence-electron chi connectivity index (χ2n) is 4.41. The van der Waals surface area contributed by atoms with E-state index in [9.17, 15) is 14.7 Å². The number of para-hydroxylation sites is 1. The summed E-state index contributed by atoms with van der Waals surface area (Å²) in [4.78, 5) is 24.8. The minimum atomic E-state index is -0.951. The molecule has 0 saturated heterocycles. The minimum absolute atomic E-state index is 0.103. The van der Waals surface area contributed by atoms with Gasteiger partial charge in [0.2, 0.25) is 5.91 Å². The molecule has 3 N–H and O–H groups in total. The zero-order valence-electron chi connectivity index (χ0n) is 10.2. The van der Waals surface area contributed by atoms with E-state index in [-0.39, 0.29) is 18.9 Å². The van der Waals surface area contributed by atoms with Crippen molar-refractivity contribution in [1.29, 1.82) is 0 Å². The molecule has 19 heavy (non-hydrogen) atoms. The first kappa shape index (κ1) is 13.1. The van der Waals surface area contributed by atoms with E-state index in [1.807, 2.05) is 0 Å². The average Bonchev–Trinajstić information content (AvgIpc) is 2.78. The zero-order chi connectivity index (χ0) is 14.0. The number of carboxylic acids is 1. The van der Waals surface area contributed by atoms with Crippen molar-refractivity contribution in [2.45, 2.75) is 18.4 Å². The van der Waals surface area contributed by atoms with Gasteiger partial charge in [-0.3, -0.25) is 9.59 Å². The van der Waals surface area contributed by atoms with Crippen molar-refractivity contribution in [2.24, 2.45) is 5.73 Å². The second kappa shape index (κ2) is 5.12. The maximum atomic E-state index is 12.2. The number of hydrogen-bond donors (Lipinski definition) is 2. The summed E-state index contributed by atoms with van der Waals surface area (Å²) in [6, 6.07) is 6.15. The van der Waals surface area contributed by atoms with Crippen LogP contribution in [0.3, 0.4) is 0 Å². The number of carbonyl (C=O) groups excluding carboxylic acids is 1. The van der Waals surface area contributed by atoms with E-state index in [1.54, 1.807) is 24.3 Å². The first-order chi connectivity index (χ1) is 9.06. The van der Waals surface area contributed by atoms with Crippen molar-refractivity contribution in [2.75, 3.05) is 11.4 Å². The smallest absolute Gasteiger partial charge is 0.312 e. The van der Waals surface area contributed by atoms with Gasteiger partial charge in [0.05, 0.1) is 6.04 Å². The van der Waals surface area contributed by atoms with Crippen molar-refractivity contribution in [3.63, 3.8) is 0 Å². The fourth-order valence-corrected chi connectivity index (χ4v) is 2.24. The maximum absolute atomic E-state index is 12.2. The highest BCUT2D eigenvalue weighted by Gasteiger charge is 2.37. The predicted octanol–water partition coefficient (Wildman–Crippen LogP) is 0.552. The van der Waals surface area contributed by atoms with E-state index in [0.29, 0.717) is 11.3 Å². The lowest BCUT2D eigenvalue weighted by Gasteiger charge is -2.20. The van der Waals surface area contributed by atoms with Gasteiger partial charge in [-0.25, -0.2) is 0 Å². The topological polar surface area (TPSA) is 83.6 Å². The Balaban J connectivity index is 2.33. The Bertz CT molecular complexity index is 562. The molecule has 2 unspecified atom stereocenters. The quantitative estimate of drug-likeness (QED) is 0.776. The molecule has 1 aliphatic rings. The highest BCUT2D eigenvalue weighted by atomic mass is 16.4. The molecular formula is C14H14N2O3. The Kier molecular flexibility index (Phi) is 3.54. The number of terminal acetylenes is 1. The van der Waals surface area contributed by atoms with Crippen LogP contribution in [0.2, 0.25) is 0 Å². The number of amides is 1. The van der Waals surface area contributed by atoms with Gasteiger partial charge < -0.3 is 15.7 Å². The summed E-state index contributed by atoms with van der Waals surface area (Å²) in [6.07, 6.45) is 5.28. The van der Waals surface area contributed by atoms with Gasteiger partial charge in [-0.15, -0.1) is 12.3 Å². The van der Waals surface area contributed by atoms with Crippen molar-refractivity contribution in [1.82, 2.24) is 0 Å². The van der Waals surface area contributed by atoms with E-state index >= 15 is 0 Å². The van der Waals surface area contributed by atoms with Crippen molar-refractivity contribution < 1.29 is 14.7 Å². The lowest BCUT2D eigenvalue weighted by atomic mass is 10.0. The third-order valence-electron chi connectivity index (χ3n) is 3.19. The maximum Gasteiger partial charge on any atom is 0.312 e. The lowest BCUT2D eigenvalue weighted by molar-refractivity contribution is -0.138. The predicted molar refractivity (Wildman–Crippen MR) is 70.6 cm³/mol. The third kappa shape index (κ3) is 2.30. The molecule has 1 aliphatic heterocycles. The third-order valence-corrected chi connectivity index (χ3v) is 3.19. The molecule has 2 rings (SSSR count). The molecule has 0 spiro atoms. The Morgan fingerprint density at radius 2 is 2.21 bits per heavy atom. The van der Waals surface area contributed by atoms with E-state index in [4.69, 9.17) is 12.2 Å². The second-order valence-corrected chi connectivity index (χ2v) is 4.41. The molecule has 0 fully saturated rings. The standard InChI is InChI=1S/C14H14N2O3/c1-2-5-11(15)13(17)16-8-10(14(18)19)9-6-3-4-7-12(9)16/h1,3-4,6-7,10-11H,5,8,15H2,(H,18,19). The van der Waals surface area contributed by atoms with E-state index in [1.165, 1.54) is 4.90 Å². The molecule has 98 valence electrons. The molecule has 5 nitrogen and oxygen atoms in total. The number of rotatable bonds is 3. The van der Waals surface area contributed by atoms with E-state index in [0.717, 1.165) is 0 Å². The number of carboxylic acid groups (broad SMARTS) is 1. The Morgan fingerprint density at radius 1 is 1.53 bits per heavy atom. The molecule has 0 aliphatic carbocycles. The molecular weight excluding hydrogens is 244 g/mol. The molecule has 0 saturated carbocycles. The van der Waals surface area contributed by atoms with Gasteiger partial charge in [0.15, 0.2) is 0 Å². The molecule has 5 heteroatoms. The number of nitrogens with two attached hydrogens (primary N) is 1. The highest BCUT2D eigenvalue weighted by Crippen LogP contribution is 2.36. The van der Waals surface area contributed by atoms with Crippen LogP contribution in [0, 0.1) is 12.3 Å². The van der Waals surface area contributed by atoms with Crippen molar-refractivity contribution in [3.8, 4) is 12.3 Å². The number of anilines is 1. The normalized spacial score (nSPS) is 18.5. The van der Waals surface area contributed by atoms with E-state index < -0.39 is 17.9 Å². The molecule has 0 radical (unpaired) electrons. The summed E-state index contributed by atoms with van der Waals surface area (Å²) >= 11 is 0. The Hall–Kier alpha value is -2.32. The first-order valence-corrected chi connectivity index (χ1v) is 5.88. The average molecular weight is 258 g/mol. The van der Waals surface area contributed by atoms with Crippen LogP contribution in [0.4, 0.5) is 5.69 Å². The fraction of sp³-hybridized carbons (Fsp3) is 0.286. The molecule has 0 aromatic heterocycles. The highest BCUT2D eigenvalue weighted by molar-refractivity contribution is 6.01. The van der Waals surface area contributed by atoms with Crippen LogP contribution in [0.25, 0.3) is 0 Å². The van der Waals surface area contributed by atoms with Crippen LogP contribution < -0.4 is 10.6 Å². The number of nitrogens with zero attached hydrogens (tertiary/aromatic N) is 1. The molecule has 1 aromatic carbocycles. The van der Waals surface area contributed by atoms with Gasteiger partial charge in [-0.05, 0) is 11.6 Å². The van der Waals surface area contributed by atoms with Crippen molar-refractivity contribution >= 4 is 17.6 Å². The summed E-state index contributed by atoms with van der Waals surface area (Å²) in [7, 11) is 0. The van der Waals surface area contributed by atoms with Gasteiger partial charge >= 0.3 is 5.97 Å². The summed E-state index contributed by atoms with van der Waals surface area (Å²) in [6.45, 7) is 0.103. The number of aliphatic carboxylic acids is 1. The molecule has 1 heterocycles.